The van der Waals surface area contributed by atoms with Crippen LogP contribution in [0.25, 0.3) is 16.9 Å². The molecule has 0 saturated heterocycles. The molecule has 0 saturated carbocycles. The number of halogens is 1. The topological polar surface area (TPSA) is 46.9 Å². The number of amides is 1. The van der Waals surface area contributed by atoms with Gasteiger partial charge in [0.25, 0.3) is 5.91 Å². The Morgan fingerprint density at radius 2 is 1.73 bits per heavy atom. The van der Waals surface area contributed by atoms with Crippen LogP contribution in [0.5, 0.6) is 0 Å². The second kappa shape index (κ2) is 7.34. The summed E-state index contributed by atoms with van der Waals surface area (Å²) in [6.07, 6.45) is 0. The zero-order chi connectivity index (χ0) is 18.8. The molecule has 0 aliphatic heterocycles. The van der Waals surface area contributed by atoms with E-state index >= 15 is 0 Å². The molecule has 2 aromatic carbocycles. The fourth-order valence-corrected chi connectivity index (χ4v) is 2.83. The molecule has 26 heavy (non-hydrogen) atoms. The van der Waals surface area contributed by atoms with Gasteiger partial charge in [0.1, 0.15) is 5.69 Å². The molecule has 0 unspecified atom stereocenters. The molecule has 1 N–H and O–H groups in total. The maximum absolute atomic E-state index is 12.7. The molecule has 3 rings (SSSR count). The molecule has 1 aromatic heterocycles. The van der Waals surface area contributed by atoms with E-state index in [9.17, 15) is 4.79 Å². The van der Waals surface area contributed by atoms with E-state index in [1.54, 1.807) is 16.8 Å². The SMILES string of the molecule is Cc1ccc(-c2cc(C(=O)NC(C)C)n(-c3ccc(Cl)cc3)n2)cc1C. The summed E-state index contributed by atoms with van der Waals surface area (Å²) in [4.78, 5) is 12.7. The Kier molecular flexibility index (Phi) is 5.14. The van der Waals surface area contributed by atoms with E-state index in [0.717, 1.165) is 16.9 Å². The Morgan fingerprint density at radius 3 is 2.35 bits per heavy atom. The predicted molar refractivity (Wildman–Crippen MR) is 106 cm³/mol. The molecule has 1 amide bonds. The minimum Gasteiger partial charge on any atom is -0.349 e. The van der Waals surface area contributed by atoms with E-state index in [1.807, 2.05) is 38.1 Å². The van der Waals surface area contributed by atoms with Crippen molar-refractivity contribution < 1.29 is 4.79 Å². The van der Waals surface area contributed by atoms with Crippen molar-refractivity contribution in [3.8, 4) is 16.9 Å². The predicted octanol–water partition coefficient (Wildman–Crippen LogP) is 4.95. The van der Waals surface area contributed by atoms with Gasteiger partial charge in [0, 0.05) is 16.6 Å². The quantitative estimate of drug-likeness (QED) is 0.709. The zero-order valence-corrected chi connectivity index (χ0v) is 16.1. The van der Waals surface area contributed by atoms with Crippen LogP contribution in [0, 0.1) is 13.8 Å². The van der Waals surface area contributed by atoms with Crippen LogP contribution in [0.3, 0.4) is 0 Å². The average Bonchev–Trinajstić information content (AvgIpc) is 3.03. The van der Waals surface area contributed by atoms with Crippen LogP contribution in [-0.4, -0.2) is 21.7 Å². The first-order valence-corrected chi connectivity index (χ1v) is 8.97. The first-order chi connectivity index (χ1) is 12.3. The summed E-state index contributed by atoms with van der Waals surface area (Å²) in [6, 6.07) is 15.3. The van der Waals surface area contributed by atoms with Gasteiger partial charge in [0.05, 0.1) is 11.4 Å². The second-order valence-corrected chi connectivity index (χ2v) is 7.17. The molecular formula is C21H22ClN3O. The second-order valence-electron chi connectivity index (χ2n) is 6.73. The van der Waals surface area contributed by atoms with Crippen molar-refractivity contribution in [1.82, 2.24) is 15.1 Å². The van der Waals surface area contributed by atoms with E-state index in [0.29, 0.717) is 10.7 Å². The van der Waals surface area contributed by atoms with Gasteiger partial charge in [-0.1, -0.05) is 23.7 Å². The number of hydrogen-bond acceptors (Lipinski definition) is 2. The van der Waals surface area contributed by atoms with Gasteiger partial charge in [-0.2, -0.15) is 5.10 Å². The summed E-state index contributed by atoms with van der Waals surface area (Å²) >= 11 is 5.99. The lowest BCUT2D eigenvalue weighted by Gasteiger charge is -2.10. The van der Waals surface area contributed by atoms with Crippen molar-refractivity contribution in [1.29, 1.82) is 0 Å². The molecular weight excluding hydrogens is 346 g/mol. The minimum absolute atomic E-state index is 0.0427. The van der Waals surface area contributed by atoms with Gasteiger partial charge in [-0.15, -0.1) is 0 Å². The molecule has 0 radical (unpaired) electrons. The van der Waals surface area contributed by atoms with Crippen molar-refractivity contribution >= 4 is 17.5 Å². The smallest absolute Gasteiger partial charge is 0.270 e. The molecule has 3 aromatic rings. The van der Waals surface area contributed by atoms with E-state index in [2.05, 4.69) is 31.3 Å². The van der Waals surface area contributed by atoms with Gasteiger partial charge in [0.15, 0.2) is 0 Å². The number of rotatable bonds is 4. The number of aromatic nitrogens is 2. The number of carbonyl (C=O) groups is 1. The van der Waals surface area contributed by atoms with E-state index in [4.69, 9.17) is 16.7 Å². The first kappa shape index (κ1) is 18.2. The molecule has 0 fully saturated rings. The molecule has 0 aliphatic carbocycles. The van der Waals surface area contributed by atoms with E-state index in [1.165, 1.54) is 11.1 Å². The minimum atomic E-state index is -0.155. The third kappa shape index (κ3) is 3.81. The number of hydrogen-bond donors (Lipinski definition) is 1. The normalized spacial score (nSPS) is 11.0. The van der Waals surface area contributed by atoms with Crippen LogP contribution in [0.1, 0.15) is 35.5 Å². The van der Waals surface area contributed by atoms with Crippen LogP contribution in [0.4, 0.5) is 0 Å². The first-order valence-electron chi connectivity index (χ1n) is 8.59. The largest absolute Gasteiger partial charge is 0.349 e. The maximum Gasteiger partial charge on any atom is 0.270 e. The third-order valence-corrected chi connectivity index (χ3v) is 4.49. The molecule has 4 nitrogen and oxygen atoms in total. The highest BCUT2D eigenvalue weighted by atomic mass is 35.5. The van der Waals surface area contributed by atoms with Gasteiger partial charge < -0.3 is 5.32 Å². The Labute approximate surface area is 158 Å². The van der Waals surface area contributed by atoms with Gasteiger partial charge in [-0.25, -0.2) is 4.68 Å². The third-order valence-electron chi connectivity index (χ3n) is 4.24. The Balaban J connectivity index is 2.11. The van der Waals surface area contributed by atoms with Gasteiger partial charge in [0.2, 0.25) is 0 Å². The fourth-order valence-electron chi connectivity index (χ4n) is 2.70. The molecule has 0 atom stereocenters. The highest BCUT2D eigenvalue weighted by Crippen LogP contribution is 2.24. The van der Waals surface area contributed by atoms with Crippen LogP contribution < -0.4 is 5.32 Å². The van der Waals surface area contributed by atoms with Crippen molar-refractivity contribution in [2.24, 2.45) is 0 Å². The summed E-state index contributed by atoms with van der Waals surface area (Å²) in [7, 11) is 0. The van der Waals surface area contributed by atoms with Crippen molar-refractivity contribution in [2.45, 2.75) is 33.7 Å². The Morgan fingerprint density at radius 1 is 1.04 bits per heavy atom. The summed E-state index contributed by atoms with van der Waals surface area (Å²) in [5, 5.41) is 8.27. The lowest BCUT2D eigenvalue weighted by molar-refractivity contribution is 0.0935. The van der Waals surface area contributed by atoms with Crippen LogP contribution in [-0.2, 0) is 0 Å². The van der Waals surface area contributed by atoms with E-state index < -0.39 is 0 Å². The summed E-state index contributed by atoms with van der Waals surface area (Å²) < 4.78 is 1.67. The number of aryl methyl sites for hydroxylation is 2. The maximum atomic E-state index is 12.7. The molecule has 134 valence electrons. The van der Waals surface area contributed by atoms with Gasteiger partial charge in [-0.05, 0) is 75.2 Å². The summed E-state index contributed by atoms with van der Waals surface area (Å²) in [5.41, 5.74) is 5.45. The number of benzene rings is 2. The fraction of sp³-hybridized carbons (Fsp3) is 0.238. The molecule has 0 aliphatic rings. The van der Waals surface area contributed by atoms with Crippen molar-refractivity contribution in [3.05, 3.63) is 70.4 Å². The number of carbonyl (C=O) groups excluding carboxylic acids is 1. The standard InChI is InChI=1S/C21H22ClN3O/c1-13(2)23-21(26)20-12-19(16-6-5-14(3)15(4)11-16)24-25(20)18-9-7-17(22)8-10-18/h5-13H,1-4H3,(H,23,26). The highest BCUT2D eigenvalue weighted by molar-refractivity contribution is 6.30. The van der Waals surface area contributed by atoms with Crippen LogP contribution in [0.2, 0.25) is 5.02 Å². The molecule has 1 heterocycles. The molecule has 0 bridgehead atoms. The lowest BCUT2D eigenvalue weighted by atomic mass is 10.0. The number of nitrogens with zero attached hydrogens (tertiary/aromatic N) is 2. The van der Waals surface area contributed by atoms with Gasteiger partial charge >= 0.3 is 0 Å². The average molecular weight is 368 g/mol. The molecule has 0 spiro atoms. The monoisotopic (exact) mass is 367 g/mol. The summed E-state index contributed by atoms with van der Waals surface area (Å²) in [5.74, 6) is -0.155. The lowest BCUT2D eigenvalue weighted by Crippen LogP contribution is -2.31. The van der Waals surface area contributed by atoms with Crippen molar-refractivity contribution in [3.63, 3.8) is 0 Å². The van der Waals surface area contributed by atoms with Crippen molar-refractivity contribution in [2.75, 3.05) is 0 Å². The Hall–Kier alpha value is -2.59. The summed E-state index contributed by atoms with van der Waals surface area (Å²) in [6.45, 7) is 8.02. The number of nitrogens with one attached hydrogen (secondary N) is 1. The van der Waals surface area contributed by atoms with E-state index in [-0.39, 0.29) is 11.9 Å². The highest BCUT2D eigenvalue weighted by Gasteiger charge is 2.18. The zero-order valence-electron chi connectivity index (χ0n) is 15.4. The van der Waals surface area contributed by atoms with Crippen LogP contribution in [0.15, 0.2) is 48.5 Å². The van der Waals surface area contributed by atoms with Crippen LogP contribution >= 0.6 is 11.6 Å². The molecule has 5 heteroatoms. The Bertz CT molecular complexity index is 942. The van der Waals surface area contributed by atoms with Gasteiger partial charge in [-0.3, -0.25) is 4.79 Å².